The Morgan fingerprint density at radius 3 is 2.23 bits per heavy atom. The summed E-state index contributed by atoms with van der Waals surface area (Å²) >= 11 is 0. The predicted octanol–water partition coefficient (Wildman–Crippen LogP) is 3.69. The van der Waals surface area contributed by atoms with E-state index in [2.05, 4.69) is 5.32 Å². The molecule has 188 valence electrons. The van der Waals surface area contributed by atoms with Crippen molar-refractivity contribution in [3.8, 4) is 0 Å². The van der Waals surface area contributed by atoms with Gasteiger partial charge in [0.05, 0.1) is 11.0 Å². The molecule has 2 amide bonds. The number of nitrogens with two attached hydrogens (primary N) is 1. The summed E-state index contributed by atoms with van der Waals surface area (Å²) in [6.07, 6.45) is -2.90. The number of carbonyl (C=O) groups excluding carboxylic acids is 2. The van der Waals surface area contributed by atoms with E-state index in [0.717, 1.165) is 12.1 Å². The monoisotopic (exact) mass is 495 g/mol. The van der Waals surface area contributed by atoms with Crippen molar-refractivity contribution in [2.24, 2.45) is 5.73 Å². The van der Waals surface area contributed by atoms with Crippen LogP contribution < -0.4 is 11.1 Å². The van der Waals surface area contributed by atoms with Crippen LogP contribution in [0.5, 0.6) is 0 Å². The molecule has 10 heteroatoms. The maximum absolute atomic E-state index is 14.7. The van der Waals surface area contributed by atoms with E-state index in [4.69, 9.17) is 5.73 Å². The Balaban J connectivity index is 1.56. The van der Waals surface area contributed by atoms with E-state index in [9.17, 15) is 31.5 Å². The Morgan fingerprint density at radius 1 is 1.06 bits per heavy atom. The number of hydrogen-bond donors (Lipinski definition) is 2. The van der Waals surface area contributed by atoms with E-state index < -0.39 is 40.7 Å². The number of amides is 2. The van der Waals surface area contributed by atoms with Gasteiger partial charge in [0.2, 0.25) is 11.8 Å². The Bertz CT molecular complexity index is 1090. The number of carbonyl (C=O) groups is 2. The molecule has 1 saturated carbocycles. The average molecular weight is 495 g/mol. The lowest BCUT2D eigenvalue weighted by Gasteiger charge is -2.33. The number of benzene rings is 2. The van der Waals surface area contributed by atoms with Gasteiger partial charge in [-0.05, 0) is 55.5 Å². The van der Waals surface area contributed by atoms with Crippen molar-refractivity contribution in [1.29, 1.82) is 0 Å². The number of rotatable bonds is 6. The summed E-state index contributed by atoms with van der Waals surface area (Å²) in [7, 11) is 0. The number of hydrogen-bond acceptors (Lipinski definition) is 3. The molecule has 4 rings (SSSR count). The molecule has 1 heterocycles. The molecule has 1 atom stereocenters. The zero-order valence-electron chi connectivity index (χ0n) is 18.9. The fraction of sp³-hybridized carbons (Fsp3) is 0.440. The topological polar surface area (TPSA) is 75.4 Å². The van der Waals surface area contributed by atoms with Gasteiger partial charge in [-0.1, -0.05) is 18.2 Å². The molecule has 0 spiro atoms. The van der Waals surface area contributed by atoms with Crippen molar-refractivity contribution in [2.45, 2.75) is 55.8 Å². The van der Waals surface area contributed by atoms with E-state index in [1.807, 2.05) is 0 Å². The molecular weight excluding hydrogens is 469 g/mol. The third-order valence-corrected chi connectivity index (χ3v) is 6.80. The van der Waals surface area contributed by atoms with Crippen LogP contribution in [-0.4, -0.2) is 41.9 Å². The fourth-order valence-corrected chi connectivity index (χ4v) is 4.52. The van der Waals surface area contributed by atoms with Crippen molar-refractivity contribution in [1.82, 2.24) is 10.2 Å². The van der Waals surface area contributed by atoms with E-state index in [-0.39, 0.29) is 36.8 Å². The second-order valence-electron chi connectivity index (χ2n) is 9.29. The molecule has 0 unspecified atom stereocenters. The van der Waals surface area contributed by atoms with E-state index in [1.165, 1.54) is 24.3 Å². The SMILES string of the molecule is NC1CCN(C(=O)[C@H](Cc2ccc(F)cc2)NC(=O)C2(c3ccc(C(F)(F)F)cc3F)CC2)CC1. The number of nitrogens with zero attached hydrogens (tertiary/aromatic N) is 1. The zero-order valence-corrected chi connectivity index (χ0v) is 18.9. The molecule has 2 aliphatic rings. The van der Waals surface area contributed by atoms with Gasteiger partial charge in [-0.2, -0.15) is 13.2 Å². The van der Waals surface area contributed by atoms with Crippen molar-refractivity contribution in [3.63, 3.8) is 0 Å². The van der Waals surface area contributed by atoms with Crippen LogP contribution in [0.2, 0.25) is 0 Å². The van der Waals surface area contributed by atoms with Crippen LogP contribution in [0.1, 0.15) is 42.4 Å². The smallest absolute Gasteiger partial charge is 0.343 e. The highest BCUT2D eigenvalue weighted by atomic mass is 19.4. The van der Waals surface area contributed by atoms with Crippen LogP contribution >= 0.6 is 0 Å². The van der Waals surface area contributed by atoms with Gasteiger partial charge >= 0.3 is 6.18 Å². The molecule has 2 fully saturated rings. The number of alkyl halides is 3. The van der Waals surface area contributed by atoms with Crippen molar-refractivity contribution < 1.29 is 31.5 Å². The molecule has 35 heavy (non-hydrogen) atoms. The molecule has 1 saturated heterocycles. The normalized spacial score (nSPS) is 18.7. The second-order valence-corrected chi connectivity index (χ2v) is 9.29. The highest BCUT2D eigenvalue weighted by Crippen LogP contribution is 2.50. The molecular formula is C25H26F5N3O2. The molecule has 3 N–H and O–H groups in total. The number of nitrogens with one attached hydrogen (secondary N) is 1. The van der Waals surface area contributed by atoms with Crippen molar-refractivity contribution >= 4 is 11.8 Å². The van der Waals surface area contributed by atoms with Crippen molar-refractivity contribution in [2.75, 3.05) is 13.1 Å². The minimum absolute atomic E-state index is 0.0124. The first-order valence-electron chi connectivity index (χ1n) is 11.5. The zero-order chi connectivity index (χ0) is 25.4. The first kappa shape index (κ1) is 25.1. The first-order valence-corrected chi connectivity index (χ1v) is 11.5. The maximum Gasteiger partial charge on any atom is 0.416 e. The van der Waals surface area contributed by atoms with Gasteiger partial charge in [0.1, 0.15) is 17.7 Å². The summed E-state index contributed by atoms with van der Waals surface area (Å²) in [4.78, 5) is 28.2. The standard InChI is InChI=1S/C25H26F5N3O2/c26-17-4-1-15(2-5-17)13-21(22(34)33-11-7-18(31)8-12-33)32-23(35)24(9-10-24)19-6-3-16(14-20(19)27)25(28,29)30/h1-6,14,18,21H,7-13,31H2,(H,32,35)/t21-/m0/s1. The number of halogens is 5. The van der Waals surface area contributed by atoms with Gasteiger partial charge in [-0.25, -0.2) is 8.78 Å². The Labute approximate surface area is 199 Å². The van der Waals surface area contributed by atoms with Gasteiger partial charge in [-0.3, -0.25) is 9.59 Å². The number of piperidine rings is 1. The van der Waals surface area contributed by atoms with Gasteiger partial charge in [0.15, 0.2) is 0 Å². The lowest BCUT2D eigenvalue weighted by Crippen LogP contribution is -2.54. The molecule has 1 aliphatic heterocycles. The first-order chi connectivity index (χ1) is 16.5. The summed E-state index contributed by atoms with van der Waals surface area (Å²) in [5, 5.41) is 2.72. The summed E-state index contributed by atoms with van der Waals surface area (Å²) in [6, 6.07) is 6.64. The molecule has 0 radical (unpaired) electrons. The van der Waals surface area contributed by atoms with Crippen LogP contribution in [0.3, 0.4) is 0 Å². The Kier molecular flexibility index (Phi) is 6.86. The summed E-state index contributed by atoms with van der Waals surface area (Å²) in [5.74, 6) is -2.51. The van der Waals surface area contributed by atoms with E-state index >= 15 is 0 Å². The third kappa shape index (κ3) is 5.47. The maximum atomic E-state index is 14.7. The molecule has 0 bridgehead atoms. The minimum Gasteiger partial charge on any atom is -0.343 e. The van der Waals surface area contributed by atoms with E-state index in [1.54, 1.807) is 4.90 Å². The predicted molar refractivity (Wildman–Crippen MR) is 118 cm³/mol. The molecule has 0 aromatic heterocycles. The van der Waals surface area contributed by atoms with E-state index in [0.29, 0.717) is 37.6 Å². The largest absolute Gasteiger partial charge is 0.416 e. The van der Waals surface area contributed by atoms with Gasteiger partial charge in [-0.15, -0.1) is 0 Å². The van der Waals surface area contributed by atoms with Crippen LogP contribution in [0, 0.1) is 11.6 Å². The second kappa shape index (κ2) is 9.56. The Morgan fingerprint density at radius 2 is 1.69 bits per heavy atom. The Hall–Kier alpha value is -3.01. The molecule has 1 aliphatic carbocycles. The minimum atomic E-state index is -4.71. The van der Waals surface area contributed by atoms with Crippen LogP contribution in [0.25, 0.3) is 0 Å². The van der Waals surface area contributed by atoms with Gasteiger partial charge in [0.25, 0.3) is 0 Å². The average Bonchev–Trinajstić information content (AvgIpc) is 3.61. The quantitative estimate of drug-likeness (QED) is 0.601. The molecule has 2 aromatic carbocycles. The summed E-state index contributed by atoms with van der Waals surface area (Å²) in [5.41, 5.74) is 3.94. The lowest BCUT2D eigenvalue weighted by atomic mass is 9.92. The van der Waals surface area contributed by atoms with Crippen LogP contribution in [0.15, 0.2) is 42.5 Å². The summed E-state index contributed by atoms with van der Waals surface area (Å²) in [6.45, 7) is 0.850. The third-order valence-electron chi connectivity index (χ3n) is 6.80. The number of likely N-dealkylation sites (tertiary alicyclic amines) is 1. The van der Waals surface area contributed by atoms with Gasteiger partial charge < -0.3 is 16.0 Å². The summed E-state index contributed by atoms with van der Waals surface area (Å²) < 4.78 is 66.9. The highest BCUT2D eigenvalue weighted by molar-refractivity contribution is 5.95. The lowest BCUT2D eigenvalue weighted by molar-refractivity contribution is -0.138. The molecule has 2 aromatic rings. The highest BCUT2D eigenvalue weighted by Gasteiger charge is 2.54. The van der Waals surface area contributed by atoms with Crippen LogP contribution in [-0.2, 0) is 27.6 Å². The van der Waals surface area contributed by atoms with Crippen LogP contribution in [0.4, 0.5) is 22.0 Å². The van der Waals surface area contributed by atoms with Crippen molar-refractivity contribution in [3.05, 3.63) is 70.8 Å². The van der Waals surface area contributed by atoms with Gasteiger partial charge in [0, 0.05) is 31.1 Å². The fourth-order valence-electron chi connectivity index (χ4n) is 4.52. The molecule has 5 nitrogen and oxygen atoms in total.